The van der Waals surface area contributed by atoms with Crippen molar-refractivity contribution in [1.82, 2.24) is 9.97 Å². The van der Waals surface area contributed by atoms with Crippen LogP contribution in [0.5, 0.6) is 5.88 Å². The minimum atomic E-state index is 0.458. The average Bonchev–Trinajstić information content (AvgIpc) is 2.47. The molecule has 112 valence electrons. The van der Waals surface area contributed by atoms with Gasteiger partial charge >= 0.3 is 0 Å². The number of anilines is 2. The lowest BCUT2D eigenvalue weighted by molar-refractivity contribution is 0.237. The summed E-state index contributed by atoms with van der Waals surface area (Å²) in [5.41, 5.74) is 7.19. The van der Waals surface area contributed by atoms with Gasteiger partial charge in [-0.3, -0.25) is 0 Å². The summed E-state index contributed by atoms with van der Waals surface area (Å²) in [5.74, 6) is 1.34. The highest BCUT2D eigenvalue weighted by atomic mass is 16.5. The molecule has 0 aromatic carbocycles. The van der Waals surface area contributed by atoms with Gasteiger partial charge in [-0.05, 0) is 24.7 Å². The molecule has 1 saturated heterocycles. The van der Waals surface area contributed by atoms with Crippen LogP contribution in [0.2, 0.25) is 0 Å². The number of ether oxygens (including phenoxy) is 1. The number of nitrogen functional groups attached to an aromatic ring is 1. The highest BCUT2D eigenvalue weighted by Gasteiger charge is 2.30. The summed E-state index contributed by atoms with van der Waals surface area (Å²) in [6.45, 7) is 9.33. The zero-order valence-corrected chi connectivity index (χ0v) is 12.9. The highest BCUT2D eigenvalue weighted by molar-refractivity contribution is 5.67. The van der Waals surface area contributed by atoms with Crippen LogP contribution in [-0.2, 0) is 0 Å². The fraction of sp³-hybridized carbons (Fsp3) is 0.733. The van der Waals surface area contributed by atoms with Crippen LogP contribution in [0.15, 0.2) is 6.33 Å². The standard InChI is InChI=1S/C15H26N4O/c1-4-10-20-14-12(16)13(17-11-18-14)19-8-6-15(3,5-2)7-9-19/h11H,4-10,16H2,1-3H3. The average molecular weight is 278 g/mol. The number of hydrogen-bond donors (Lipinski definition) is 1. The van der Waals surface area contributed by atoms with Gasteiger partial charge in [0.15, 0.2) is 5.82 Å². The molecule has 0 amide bonds. The monoisotopic (exact) mass is 278 g/mol. The van der Waals surface area contributed by atoms with Gasteiger partial charge in [0, 0.05) is 13.1 Å². The van der Waals surface area contributed by atoms with Gasteiger partial charge in [0.2, 0.25) is 5.88 Å². The second-order valence-corrected chi connectivity index (χ2v) is 5.92. The summed E-state index contributed by atoms with van der Waals surface area (Å²) in [4.78, 5) is 10.7. The molecule has 5 heteroatoms. The normalized spacial score (nSPS) is 18.1. The Labute approximate surface area is 121 Å². The van der Waals surface area contributed by atoms with Crippen molar-refractivity contribution < 1.29 is 4.74 Å². The molecule has 1 aromatic heterocycles. The van der Waals surface area contributed by atoms with E-state index in [-0.39, 0.29) is 0 Å². The Morgan fingerprint density at radius 2 is 2.00 bits per heavy atom. The van der Waals surface area contributed by atoms with E-state index in [4.69, 9.17) is 10.5 Å². The molecule has 0 unspecified atom stereocenters. The van der Waals surface area contributed by atoms with Gasteiger partial charge in [-0.1, -0.05) is 27.2 Å². The van der Waals surface area contributed by atoms with Crippen molar-refractivity contribution in [3.63, 3.8) is 0 Å². The minimum Gasteiger partial charge on any atom is -0.476 e. The second kappa shape index (κ2) is 6.29. The first-order chi connectivity index (χ1) is 9.59. The predicted octanol–water partition coefficient (Wildman–Crippen LogP) is 2.86. The summed E-state index contributed by atoms with van der Waals surface area (Å²) >= 11 is 0. The molecule has 2 rings (SSSR count). The SMILES string of the molecule is CCCOc1ncnc(N2CCC(C)(CC)CC2)c1N. The minimum absolute atomic E-state index is 0.458. The number of nitrogens with zero attached hydrogens (tertiary/aromatic N) is 3. The van der Waals surface area contributed by atoms with E-state index in [2.05, 4.69) is 35.6 Å². The van der Waals surface area contributed by atoms with Gasteiger partial charge in [-0.15, -0.1) is 0 Å². The van der Waals surface area contributed by atoms with E-state index >= 15 is 0 Å². The first-order valence-corrected chi connectivity index (χ1v) is 7.58. The number of rotatable bonds is 5. The van der Waals surface area contributed by atoms with Crippen molar-refractivity contribution in [3.8, 4) is 5.88 Å². The van der Waals surface area contributed by atoms with Gasteiger partial charge in [-0.2, -0.15) is 4.98 Å². The van der Waals surface area contributed by atoms with Crippen molar-refractivity contribution in [2.24, 2.45) is 5.41 Å². The van der Waals surface area contributed by atoms with E-state index in [1.165, 1.54) is 19.3 Å². The molecule has 0 aliphatic carbocycles. The first kappa shape index (κ1) is 14.9. The first-order valence-electron chi connectivity index (χ1n) is 7.58. The maximum absolute atomic E-state index is 6.16. The lowest BCUT2D eigenvalue weighted by Crippen LogP contribution is -2.39. The van der Waals surface area contributed by atoms with Crippen LogP contribution in [0, 0.1) is 5.41 Å². The van der Waals surface area contributed by atoms with Gasteiger partial charge < -0.3 is 15.4 Å². The number of aromatic nitrogens is 2. The van der Waals surface area contributed by atoms with E-state index in [1.54, 1.807) is 6.33 Å². The van der Waals surface area contributed by atoms with Gasteiger partial charge in [-0.25, -0.2) is 4.98 Å². The van der Waals surface area contributed by atoms with Crippen LogP contribution < -0.4 is 15.4 Å². The Hall–Kier alpha value is -1.52. The number of piperidine rings is 1. The Kier molecular flexibility index (Phi) is 4.68. The van der Waals surface area contributed by atoms with E-state index in [1.807, 2.05) is 0 Å². The Bertz CT molecular complexity index is 441. The molecule has 1 aliphatic heterocycles. The molecule has 0 atom stereocenters. The lowest BCUT2D eigenvalue weighted by Gasteiger charge is -2.39. The fourth-order valence-electron chi connectivity index (χ4n) is 2.55. The third kappa shape index (κ3) is 3.14. The molecule has 2 heterocycles. The Morgan fingerprint density at radius 3 is 2.60 bits per heavy atom. The molecule has 0 bridgehead atoms. The van der Waals surface area contributed by atoms with Crippen LogP contribution in [0.4, 0.5) is 11.5 Å². The predicted molar refractivity (Wildman–Crippen MR) is 82.1 cm³/mol. The topological polar surface area (TPSA) is 64.3 Å². The molecule has 0 radical (unpaired) electrons. The van der Waals surface area contributed by atoms with Gasteiger partial charge in [0.1, 0.15) is 12.0 Å². The molecule has 5 nitrogen and oxygen atoms in total. The van der Waals surface area contributed by atoms with E-state index < -0.39 is 0 Å². The van der Waals surface area contributed by atoms with E-state index in [9.17, 15) is 0 Å². The highest BCUT2D eigenvalue weighted by Crippen LogP contribution is 2.37. The molecule has 0 saturated carbocycles. The third-order valence-corrected chi connectivity index (χ3v) is 4.39. The van der Waals surface area contributed by atoms with Crippen LogP contribution in [0.3, 0.4) is 0 Å². The fourth-order valence-corrected chi connectivity index (χ4v) is 2.55. The van der Waals surface area contributed by atoms with Crippen molar-refractivity contribution in [3.05, 3.63) is 6.33 Å². The summed E-state index contributed by atoms with van der Waals surface area (Å²) in [7, 11) is 0. The van der Waals surface area contributed by atoms with Crippen molar-refractivity contribution in [2.75, 3.05) is 30.3 Å². The van der Waals surface area contributed by atoms with Crippen molar-refractivity contribution in [1.29, 1.82) is 0 Å². The van der Waals surface area contributed by atoms with Crippen LogP contribution in [0.1, 0.15) is 46.5 Å². The Morgan fingerprint density at radius 1 is 1.30 bits per heavy atom. The summed E-state index contributed by atoms with van der Waals surface area (Å²) in [5, 5.41) is 0. The van der Waals surface area contributed by atoms with Crippen molar-refractivity contribution in [2.45, 2.75) is 46.5 Å². The van der Waals surface area contributed by atoms with E-state index in [0.29, 0.717) is 23.6 Å². The third-order valence-electron chi connectivity index (χ3n) is 4.39. The van der Waals surface area contributed by atoms with Gasteiger partial charge in [0.25, 0.3) is 0 Å². The van der Waals surface area contributed by atoms with E-state index in [0.717, 1.165) is 25.3 Å². The zero-order valence-electron chi connectivity index (χ0n) is 12.9. The second-order valence-electron chi connectivity index (χ2n) is 5.92. The largest absolute Gasteiger partial charge is 0.476 e. The van der Waals surface area contributed by atoms with Crippen molar-refractivity contribution >= 4 is 11.5 Å². The molecule has 0 spiro atoms. The number of nitrogens with two attached hydrogens (primary N) is 1. The molecule has 1 fully saturated rings. The number of hydrogen-bond acceptors (Lipinski definition) is 5. The quantitative estimate of drug-likeness (QED) is 0.897. The molecular formula is C15H26N4O. The zero-order chi connectivity index (χ0) is 14.6. The molecular weight excluding hydrogens is 252 g/mol. The van der Waals surface area contributed by atoms with Crippen LogP contribution in [0.25, 0.3) is 0 Å². The summed E-state index contributed by atoms with van der Waals surface area (Å²) < 4.78 is 5.58. The molecule has 1 aromatic rings. The lowest BCUT2D eigenvalue weighted by atomic mass is 9.78. The maximum Gasteiger partial charge on any atom is 0.242 e. The Balaban J connectivity index is 2.10. The molecule has 20 heavy (non-hydrogen) atoms. The summed E-state index contributed by atoms with van der Waals surface area (Å²) in [6, 6.07) is 0. The molecule has 1 aliphatic rings. The summed E-state index contributed by atoms with van der Waals surface area (Å²) in [6.07, 6.45) is 6.07. The van der Waals surface area contributed by atoms with Crippen LogP contribution in [-0.4, -0.2) is 29.7 Å². The molecule has 2 N–H and O–H groups in total. The maximum atomic E-state index is 6.16. The smallest absolute Gasteiger partial charge is 0.242 e. The van der Waals surface area contributed by atoms with Gasteiger partial charge in [0.05, 0.1) is 6.61 Å². The van der Waals surface area contributed by atoms with Crippen LogP contribution >= 0.6 is 0 Å².